The van der Waals surface area contributed by atoms with E-state index in [1.165, 1.54) is 0 Å². The molecule has 0 aliphatic heterocycles. The minimum absolute atomic E-state index is 0.00132. The van der Waals surface area contributed by atoms with Crippen LogP contribution in [0.3, 0.4) is 0 Å². The highest BCUT2D eigenvalue weighted by molar-refractivity contribution is 5.69. The standard InChI is InChI=1S/C11H13NO4/c12-11(14)16-10(6-13)8-15-7-9-4-2-1-3-5-9/h1-6,10H,7-8H2,(H2,12,14). The van der Waals surface area contributed by atoms with Gasteiger partial charge in [0.2, 0.25) is 0 Å². The first-order valence-corrected chi connectivity index (χ1v) is 4.75. The maximum absolute atomic E-state index is 10.5. The molecule has 0 heterocycles. The quantitative estimate of drug-likeness (QED) is 0.725. The number of aldehydes is 1. The third-order valence-corrected chi connectivity index (χ3v) is 1.81. The number of hydrogen-bond donors (Lipinski definition) is 1. The molecule has 0 aromatic heterocycles. The molecular weight excluding hydrogens is 210 g/mol. The molecule has 0 aliphatic rings. The lowest BCUT2D eigenvalue weighted by molar-refractivity contribution is -0.118. The molecule has 0 bridgehead atoms. The van der Waals surface area contributed by atoms with E-state index in [-0.39, 0.29) is 6.61 Å². The number of hydrogen-bond acceptors (Lipinski definition) is 4. The van der Waals surface area contributed by atoms with Gasteiger partial charge >= 0.3 is 6.09 Å². The van der Waals surface area contributed by atoms with E-state index in [9.17, 15) is 9.59 Å². The van der Waals surface area contributed by atoms with Crippen LogP contribution in [0.5, 0.6) is 0 Å². The van der Waals surface area contributed by atoms with Crippen molar-refractivity contribution in [1.29, 1.82) is 0 Å². The van der Waals surface area contributed by atoms with Crippen molar-refractivity contribution in [2.45, 2.75) is 12.7 Å². The zero-order valence-electron chi connectivity index (χ0n) is 8.67. The molecule has 5 heteroatoms. The smallest absolute Gasteiger partial charge is 0.405 e. The van der Waals surface area contributed by atoms with E-state index >= 15 is 0 Å². The summed E-state index contributed by atoms with van der Waals surface area (Å²) < 4.78 is 9.69. The van der Waals surface area contributed by atoms with Crippen LogP contribution in [0.2, 0.25) is 0 Å². The molecule has 0 fully saturated rings. The van der Waals surface area contributed by atoms with Crippen LogP contribution >= 0.6 is 0 Å². The average molecular weight is 223 g/mol. The van der Waals surface area contributed by atoms with Gasteiger partial charge in [-0.05, 0) is 5.56 Å². The Morgan fingerprint density at radius 2 is 2.06 bits per heavy atom. The maximum Gasteiger partial charge on any atom is 0.405 e. The Morgan fingerprint density at radius 1 is 1.38 bits per heavy atom. The molecule has 5 nitrogen and oxygen atoms in total. The van der Waals surface area contributed by atoms with Crippen LogP contribution in [0, 0.1) is 0 Å². The molecule has 1 amide bonds. The van der Waals surface area contributed by atoms with Crippen LogP contribution < -0.4 is 5.73 Å². The number of benzene rings is 1. The fraction of sp³-hybridized carbons (Fsp3) is 0.273. The van der Waals surface area contributed by atoms with E-state index in [0.717, 1.165) is 5.56 Å². The minimum atomic E-state index is -0.986. The number of nitrogens with two attached hydrogens (primary N) is 1. The van der Waals surface area contributed by atoms with Crippen LogP contribution in [0.15, 0.2) is 30.3 Å². The third-order valence-electron chi connectivity index (χ3n) is 1.81. The second kappa shape index (κ2) is 6.58. The van der Waals surface area contributed by atoms with Crippen LogP contribution in [-0.4, -0.2) is 25.1 Å². The third kappa shape index (κ3) is 4.56. The summed E-state index contributed by atoms with van der Waals surface area (Å²) in [4.78, 5) is 20.9. The molecule has 1 aromatic carbocycles. The van der Waals surface area contributed by atoms with E-state index in [4.69, 9.17) is 10.5 Å². The summed E-state index contributed by atoms with van der Waals surface area (Å²) in [5.74, 6) is 0. The van der Waals surface area contributed by atoms with E-state index < -0.39 is 12.2 Å². The first-order valence-electron chi connectivity index (χ1n) is 4.75. The Balaban J connectivity index is 2.28. The van der Waals surface area contributed by atoms with Crippen LogP contribution in [0.1, 0.15) is 5.56 Å². The van der Waals surface area contributed by atoms with E-state index in [1.807, 2.05) is 30.3 Å². The first-order chi connectivity index (χ1) is 7.72. The summed E-state index contributed by atoms with van der Waals surface area (Å²) >= 11 is 0. The Morgan fingerprint density at radius 3 is 2.62 bits per heavy atom. The highest BCUT2D eigenvalue weighted by Gasteiger charge is 2.10. The monoisotopic (exact) mass is 223 g/mol. The van der Waals surface area contributed by atoms with Gasteiger partial charge in [0.25, 0.3) is 0 Å². The Bertz CT molecular complexity index is 339. The van der Waals surface area contributed by atoms with Gasteiger partial charge in [-0.2, -0.15) is 0 Å². The van der Waals surface area contributed by atoms with Crippen LogP contribution in [-0.2, 0) is 20.9 Å². The zero-order chi connectivity index (χ0) is 11.8. The predicted molar refractivity (Wildman–Crippen MR) is 56.6 cm³/mol. The molecule has 2 N–H and O–H groups in total. The fourth-order valence-corrected chi connectivity index (χ4v) is 1.12. The summed E-state index contributed by atoms with van der Waals surface area (Å²) in [6.07, 6.45) is -1.45. The lowest BCUT2D eigenvalue weighted by atomic mass is 10.2. The molecule has 1 unspecified atom stereocenters. The number of primary amides is 1. The Labute approximate surface area is 93.1 Å². The van der Waals surface area contributed by atoms with Gasteiger partial charge < -0.3 is 15.2 Å². The van der Waals surface area contributed by atoms with Gasteiger partial charge in [-0.25, -0.2) is 4.79 Å². The predicted octanol–water partition coefficient (Wildman–Crippen LogP) is 0.866. The van der Waals surface area contributed by atoms with E-state index in [0.29, 0.717) is 12.9 Å². The zero-order valence-corrected chi connectivity index (χ0v) is 8.67. The SMILES string of the molecule is NC(=O)OC(C=O)COCc1ccccc1. The number of carbonyl (C=O) groups is 2. The van der Waals surface area contributed by atoms with Gasteiger partial charge in [-0.15, -0.1) is 0 Å². The molecule has 1 aromatic rings. The van der Waals surface area contributed by atoms with Gasteiger partial charge in [0.15, 0.2) is 12.4 Å². The minimum Gasteiger partial charge on any atom is -0.436 e. The van der Waals surface area contributed by atoms with Gasteiger partial charge in [-0.1, -0.05) is 30.3 Å². The lowest BCUT2D eigenvalue weighted by Gasteiger charge is -2.10. The molecule has 1 rings (SSSR count). The second-order valence-electron chi connectivity index (χ2n) is 3.11. The average Bonchev–Trinajstić information content (AvgIpc) is 2.28. The van der Waals surface area contributed by atoms with Gasteiger partial charge in [-0.3, -0.25) is 4.79 Å². The number of rotatable bonds is 6. The van der Waals surface area contributed by atoms with E-state index in [2.05, 4.69) is 4.74 Å². The molecule has 0 saturated heterocycles. The molecule has 0 radical (unpaired) electrons. The summed E-state index contributed by atoms with van der Waals surface area (Å²) in [7, 11) is 0. The molecule has 0 spiro atoms. The molecule has 0 aliphatic carbocycles. The molecule has 1 atom stereocenters. The van der Waals surface area contributed by atoms with Crippen molar-refractivity contribution >= 4 is 12.4 Å². The van der Waals surface area contributed by atoms with Crippen molar-refractivity contribution in [3.05, 3.63) is 35.9 Å². The second-order valence-corrected chi connectivity index (χ2v) is 3.11. The van der Waals surface area contributed by atoms with Gasteiger partial charge in [0.05, 0.1) is 13.2 Å². The normalized spacial score (nSPS) is 11.8. The summed E-state index contributed by atoms with van der Waals surface area (Å²) in [6, 6.07) is 9.45. The molecular formula is C11H13NO4. The fourth-order valence-electron chi connectivity index (χ4n) is 1.12. The van der Waals surface area contributed by atoms with Gasteiger partial charge in [0, 0.05) is 0 Å². The lowest BCUT2D eigenvalue weighted by Crippen LogP contribution is -2.28. The largest absolute Gasteiger partial charge is 0.436 e. The summed E-state index contributed by atoms with van der Waals surface area (Å²) in [5.41, 5.74) is 5.75. The highest BCUT2D eigenvalue weighted by atomic mass is 16.6. The van der Waals surface area contributed by atoms with Crippen molar-refractivity contribution < 1.29 is 19.1 Å². The summed E-state index contributed by atoms with van der Waals surface area (Å²) in [5, 5.41) is 0. The van der Waals surface area contributed by atoms with Crippen molar-refractivity contribution in [3.8, 4) is 0 Å². The number of amides is 1. The maximum atomic E-state index is 10.5. The molecule has 86 valence electrons. The topological polar surface area (TPSA) is 78.6 Å². The molecule has 0 saturated carbocycles. The summed E-state index contributed by atoms with van der Waals surface area (Å²) in [6.45, 7) is 0.356. The van der Waals surface area contributed by atoms with Crippen molar-refractivity contribution in [2.24, 2.45) is 5.73 Å². The molecule has 16 heavy (non-hydrogen) atoms. The van der Waals surface area contributed by atoms with Gasteiger partial charge in [0.1, 0.15) is 0 Å². The highest BCUT2D eigenvalue weighted by Crippen LogP contribution is 2.01. The van der Waals surface area contributed by atoms with Crippen molar-refractivity contribution in [1.82, 2.24) is 0 Å². The Hall–Kier alpha value is -1.88. The first kappa shape index (κ1) is 12.2. The van der Waals surface area contributed by atoms with E-state index in [1.54, 1.807) is 0 Å². The van der Waals surface area contributed by atoms with Crippen molar-refractivity contribution in [2.75, 3.05) is 6.61 Å². The van der Waals surface area contributed by atoms with Crippen LogP contribution in [0.4, 0.5) is 4.79 Å². The van der Waals surface area contributed by atoms with Crippen molar-refractivity contribution in [3.63, 3.8) is 0 Å². The van der Waals surface area contributed by atoms with Crippen LogP contribution in [0.25, 0.3) is 0 Å². The Kier molecular flexibility index (Phi) is 5.01. The number of carbonyl (C=O) groups excluding carboxylic acids is 2. The number of ether oxygens (including phenoxy) is 2.